The predicted molar refractivity (Wildman–Crippen MR) is 107 cm³/mol. The molecule has 5 nitrogen and oxygen atoms in total. The van der Waals surface area contributed by atoms with Crippen LogP contribution in [0.5, 0.6) is 0 Å². The largest absolute Gasteiger partial charge is 0.271 e. The van der Waals surface area contributed by atoms with Crippen LogP contribution in [0.15, 0.2) is 54.7 Å². The highest BCUT2D eigenvalue weighted by atomic mass is 19.1. The first-order valence-electron chi connectivity index (χ1n) is 9.58. The number of hydrogen-bond acceptors (Lipinski definition) is 4. The van der Waals surface area contributed by atoms with E-state index in [2.05, 4.69) is 46.4 Å². The fraction of sp³-hybridized carbons (Fsp3) is 0.273. The molecule has 1 saturated carbocycles. The van der Waals surface area contributed by atoms with Crippen molar-refractivity contribution < 1.29 is 4.39 Å². The van der Waals surface area contributed by atoms with Crippen molar-refractivity contribution in [3.63, 3.8) is 0 Å². The van der Waals surface area contributed by atoms with Crippen LogP contribution in [0, 0.1) is 12.7 Å². The Bertz CT molecular complexity index is 1100. The van der Waals surface area contributed by atoms with Gasteiger partial charge in [0.05, 0.1) is 11.6 Å². The molecule has 0 atom stereocenters. The van der Waals surface area contributed by atoms with E-state index in [9.17, 15) is 4.39 Å². The Morgan fingerprint density at radius 2 is 1.61 bits per heavy atom. The lowest BCUT2D eigenvalue weighted by molar-refractivity contribution is 0.628. The molecule has 0 amide bonds. The lowest BCUT2D eigenvalue weighted by Gasteiger charge is -2.13. The van der Waals surface area contributed by atoms with Crippen LogP contribution in [-0.4, -0.2) is 24.8 Å². The highest BCUT2D eigenvalue weighted by Crippen LogP contribution is 2.52. The molecule has 0 aliphatic heterocycles. The van der Waals surface area contributed by atoms with E-state index in [1.54, 1.807) is 22.8 Å². The first-order valence-corrected chi connectivity index (χ1v) is 9.58. The monoisotopic (exact) mass is 375 g/mol. The van der Waals surface area contributed by atoms with Gasteiger partial charge < -0.3 is 0 Å². The molecule has 5 rings (SSSR count). The average molecular weight is 375 g/mol. The molecule has 0 spiro atoms. The molecule has 2 heterocycles. The van der Waals surface area contributed by atoms with Gasteiger partial charge in [-0.2, -0.15) is 9.61 Å². The molecular formula is C22H22FN5. The number of benzene rings is 2. The first-order chi connectivity index (χ1) is 13.7. The quantitative estimate of drug-likeness (QED) is 0.519. The number of fused-ring (bicyclic) bond motifs is 1. The summed E-state index contributed by atoms with van der Waals surface area (Å²) < 4.78 is 14.9. The molecular weight excluding hydrogens is 353 g/mol. The number of aromatic nitrogens is 5. The highest BCUT2D eigenvalue weighted by Gasteiger charge is 2.50. The lowest BCUT2D eigenvalue weighted by Crippen LogP contribution is -2.15. The predicted octanol–water partition coefficient (Wildman–Crippen LogP) is 4.74. The van der Waals surface area contributed by atoms with E-state index < -0.39 is 0 Å². The van der Waals surface area contributed by atoms with E-state index in [4.69, 9.17) is 5.10 Å². The van der Waals surface area contributed by atoms with Crippen LogP contribution >= 0.6 is 0 Å². The van der Waals surface area contributed by atoms with Gasteiger partial charge in [0.15, 0.2) is 5.82 Å². The Morgan fingerprint density at radius 3 is 2.25 bits per heavy atom. The molecule has 2 aromatic heterocycles. The molecule has 0 radical (unpaired) electrons. The van der Waals surface area contributed by atoms with Gasteiger partial charge in [0.1, 0.15) is 11.5 Å². The summed E-state index contributed by atoms with van der Waals surface area (Å²) in [4.78, 5) is 4.38. The lowest BCUT2D eigenvalue weighted by atomic mass is 9.94. The SMILES string of the molecule is CC.Cc1ccc(C2(c3nnc4ncc(-c5ccc(F)cc5)nn34)CC2)cc1. The Kier molecular flexibility index (Phi) is 4.63. The zero-order valence-electron chi connectivity index (χ0n) is 16.2. The number of rotatable bonds is 3. The Labute approximate surface area is 163 Å². The molecule has 1 fully saturated rings. The van der Waals surface area contributed by atoms with Crippen molar-refractivity contribution in [1.29, 1.82) is 0 Å². The second-order valence-corrected chi connectivity index (χ2v) is 6.83. The standard InChI is InChI=1S/C20H16FN5.C2H6/c1-13-2-6-15(7-3-13)20(10-11-20)18-23-24-19-22-12-17(25-26(18)19)14-4-8-16(21)9-5-14;1-2/h2-9,12H,10-11H2,1H3;1-2H3. The molecule has 1 aliphatic rings. The van der Waals surface area contributed by atoms with E-state index in [0.29, 0.717) is 11.5 Å². The van der Waals surface area contributed by atoms with Crippen LogP contribution in [0.3, 0.4) is 0 Å². The number of aryl methyl sites for hydroxylation is 1. The van der Waals surface area contributed by atoms with E-state index in [0.717, 1.165) is 24.2 Å². The van der Waals surface area contributed by atoms with Gasteiger partial charge in [-0.05, 0) is 49.6 Å². The average Bonchev–Trinajstić information content (AvgIpc) is 3.43. The van der Waals surface area contributed by atoms with Gasteiger partial charge in [-0.1, -0.05) is 43.7 Å². The molecule has 0 N–H and O–H groups in total. The molecule has 0 bridgehead atoms. The van der Waals surface area contributed by atoms with Crippen molar-refractivity contribution in [2.45, 2.75) is 39.0 Å². The van der Waals surface area contributed by atoms with E-state index >= 15 is 0 Å². The zero-order chi connectivity index (χ0) is 19.7. The zero-order valence-corrected chi connectivity index (χ0v) is 16.2. The second-order valence-electron chi connectivity index (χ2n) is 6.83. The van der Waals surface area contributed by atoms with Gasteiger partial charge in [0, 0.05) is 5.56 Å². The molecule has 1 aliphatic carbocycles. The summed E-state index contributed by atoms with van der Waals surface area (Å²) in [6, 6.07) is 14.8. The third-order valence-electron chi connectivity index (χ3n) is 5.06. The minimum Gasteiger partial charge on any atom is -0.216 e. The summed E-state index contributed by atoms with van der Waals surface area (Å²) in [6.45, 7) is 6.08. The van der Waals surface area contributed by atoms with Crippen molar-refractivity contribution in [2.24, 2.45) is 0 Å². The fourth-order valence-corrected chi connectivity index (χ4v) is 3.39. The third-order valence-corrected chi connectivity index (χ3v) is 5.06. The van der Waals surface area contributed by atoms with Crippen LogP contribution in [-0.2, 0) is 5.41 Å². The summed E-state index contributed by atoms with van der Waals surface area (Å²) in [6.07, 6.45) is 3.67. The summed E-state index contributed by atoms with van der Waals surface area (Å²) in [5.41, 5.74) is 3.78. The minimum atomic E-state index is -0.274. The Balaban J connectivity index is 0.000000932. The highest BCUT2D eigenvalue weighted by molar-refractivity contribution is 5.58. The molecule has 0 saturated heterocycles. The van der Waals surface area contributed by atoms with Crippen molar-refractivity contribution in [3.05, 3.63) is 77.5 Å². The summed E-state index contributed by atoms with van der Waals surface area (Å²) in [7, 11) is 0. The van der Waals surface area contributed by atoms with E-state index in [-0.39, 0.29) is 11.2 Å². The topological polar surface area (TPSA) is 56.0 Å². The fourth-order valence-electron chi connectivity index (χ4n) is 3.39. The molecule has 6 heteroatoms. The van der Waals surface area contributed by atoms with Crippen LogP contribution < -0.4 is 0 Å². The van der Waals surface area contributed by atoms with Gasteiger partial charge in [0.25, 0.3) is 5.78 Å². The van der Waals surface area contributed by atoms with E-state index in [1.807, 2.05) is 13.8 Å². The van der Waals surface area contributed by atoms with Crippen molar-refractivity contribution in [2.75, 3.05) is 0 Å². The summed E-state index contributed by atoms with van der Waals surface area (Å²) in [5.74, 6) is 1.01. The second kappa shape index (κ2) is 7.11. The smallest absolute Gasteiger partial charge is 0.216 e. The van der Waals surface area contributed by atoms with Gasteiger partial charge in [-0.25, -0.2) is 9.37 Å². The minimum absolute atomic E-state index is 0.150. The Hall–Kier alpha value is -3.15. The van der Waals surface area contributed by atoms with E-state index in [1.165, 1.54) is 23.3 Å². The number of nitrogens with zero attached hydrogens (tertiary/aromatic N) is 5. The van der Waals surface area contributed by atoms with Crippen LogP contribution in [0.25, 0.3) is 17.0 Å². The third kappa shape index (κ3) is 3.05. The normalized spacial score (nSPS) is 14.4. The maximum absolute atomic E-state index is 13.2. The molecule has 4 aromatic rings. The van der Waals surface area contributed by atoms with Crippen molar-refractivity contribution in [1.82, 2.24) is 24.8 Å². The molecule has 142 valence electrons. The summed E-state index contributed by atoms with van der Waals surface area (Å²) in [5, 5.41) is 13.3. The molecule has 2 aromatic carbocycles. The van der Waals surface area contributed by atoms with Gasteiger partial charge in [0.2, 0.25) is 0 Å². The molecule has 0 unspecified atom stereocenters. The number of halogens is 1. The van der Waals surface area contributed by atoms with Crippen molar-refractivity contribution >= 4 is 5.78 Å². The van der Waals surface area contributed by atoms with Crippen molar-refractivity contribution in [3.8, 4) is 11.3 Å². The first kappa shape index (κ1) is 18.2. The summed E-state index contributed by atoms with van der Waals surface area (Å²) >= 11 is 0. The van der Waals surface area contributed by atoms with Gasteiger partial charge in [-0.15, -0.1) is 10.2 Å². The van der Waals surface area contributed by atoms with Gasteiger partial charge >= 0.3 is 0 Å². The van der Waals surface area contributed by atoms with Crippen LogP contribution in [0.4, 0.5) is 4.39 Å². The Morgan fingerprint density at radius 1 is 0.929 bits per heavy atom. The maximum atomic E-state index is 13.2. The van der Waals surface area contributed by atoms with Crippen LogP contribution in [0.2, 0.25) is 0 Å². The number of hydrogen-bond donors (Lipinski definition) is 0. The molecule has 28 heavy (non-hydrogen) atoms. The van der Waals surface area contributed by atoms with Crippen LogP contribution in [0.1, 0.15) is 43.6 Å². The maximum Gasteiger partial charge on any atom is 0.271 e. The van der Waals surface area contributed by atoms with Gasteiger partial charge in [-0.3, -0.25) is 0 Å².